The van der Waals surface area contributed by atoms with Crippen LogP contribution in [0.5, 0.6) is 0 Å². The molecular formula is C20H19ClN2O3S. The van der Waals surface area contributed by atoms with Gasteiger partial charge >= 0.3 is 5.97 Å². The Kier molecular flexibility index (Phi) is 8.18. The van der Waals surface area contributed by atoms with Crippen molar-refractivity contribution < 1.29 is 14.3 Å². The predicted molar refractivity (Wildman–Crippen MR) is 107 cm³/mol. The van der Waals surface area contributed by atoms with E-state index in [1.807, 2.05) is 30.3 Å². The summed E-state index contributed by atoms with van der Waals surface area (Å²) in [6.45, 7) is 1.53. The average molecular weight is 403 g/mol. The minimum atomic E-state index is -0.892. The smallest absolute Gasteiger partial charge is 0.306 e. The summed E-state index contributed by atoms with van der Waals surface area (Å²) in [6.07, 6.45) is 0.00240. The Morgan fingerprint density at radius 2 is 1.85 bits per heavy atom. The molecule has 5 nitrogen and oxygen atoms in total. The van der Waals surface area contributed by atoms with Gasteiger partial charge in [0.15, 0.2) is 6.10 Å². The van der Waals surface area contributed by atoms with Crippen molar-refractivity contribution in [2.45, 2.75) is 30.8 Å². The largest absolute Gasteiger partial charge is 0.453 e. The van der Waals surface area contributed by atoms with E-state index in [0.29, 0.717) is 22.7 Å². The minimum Gasteiger partial charge on any atom is -0.453 e. The topological polar surface area (TPSA) is 79.2 Å². The highest BCUT2D eigenvalue weighted by Crippen LogP contribution is 2.21. The van der Waals surface area contributed by atoms with Crippen LogP contribution in [0.2, 0.25) is 5.02 Å². The van der Waals surface area contributed by atoms with Gasteiger partial charge in [-0.1, -0.05) is 11.6 Å². The van der Waals surface area contributed by atoms with Gasteiger partial charge in [0.2, 0.25) is 0 Å². The van der Waals surface area contributed by atoms with Crippen LogP contribution in [0.4, 0.5) is 5.69 Å². The number of halogens is 1. The Hall–Kier alpha value is -2.49. The number of hydrogen-bond acceptors (Lipinski definition) is 5. The fourth-order valence-electron chi connectivity index (χ4n) is 2.12. The number of anilines is 1. The zero-order valence-corrected chi connectivity index (χ0v) is 16.3. The van der Waals surface area contributed by atoms with Crippen molar-refractivity contribution in [3.05, 3.63) is 59.1 Å². The fourth-order valence-corrected chi connectivity index (χ4v) is 3.10. The van der Waals surface area contributed by atoms with E-state index in [4.69, 9.17) is 21.6 Å². The molecule has 0 unspecified atom stereocenters. The zero-order chi connectivity index (χ0) is 19.6. The van der Waals surface area contributed by atoms with Crippen LogP contribution in [-0.4, -0.2) is 23.7 Å². The van der Waals surface area contributed by atoms with Gasteiger partial charge in [0.1, 0.15) is 0 Å². The molecule has 0 aliphatic rings. The van der Waals surface area contributed by atoms with E-state index in [9.17, 15) is 9.59 Å². The highest BCUT2D eigenvalue weighted by Gasteiger charge is 2.17. The molecule has 0 aromatic heterocycles. The van der Waals surface area contributed by atoms with Crippen LogP contribution >= 0.6 is 23.4 Å². The van der Waals surface area contributed by atoms with Crippen molar-refractivity contribution in [3.63, 3.8) is 0 Å². The third-order valence-corrected chi connectivity index (χ3v) is 4.92. The lowest BCUT2D eigenvalue weighted by Crippen LogP contribution is -2.29. The average Bonchev–Trinajstić information content (AvgIpc) is 2.67. The summed E-state index contributed by atoms with van der Waals surface area (Å²) in [5.41, 5.74) is 1.05. The molecule has 0 heterocycles. The third-order valence-electron chi connectivity index (χ3n) is 3.57. The second-order valence-corrected chi connectivity index (χ2v) is 7.32. The van der Waals surface area contributed by atoms with E-state index in [0.717, 1.165) is 10.6 Å². The van der Waals surface area contributed by atoms with Gasteiger partial charge in [-0.2, -0.15) is 5.26 Å². The molecule has 7 heteroatoms. The Bertz CT molecular complexity index is 817. The normalized spacial score (nSPS) is 11.3. The number of thioether (sulfide) groups is 1. The lowest BCUT2D eigenvalue weighted by molar-refractivity contribution is -0.153. The van der Waals surface area contributed by atoms with E-state index in [-0.39, 0.29) is 6.42 Å². The molecular weight excluding hydrogens is 384 g/mol. The zero-order valence-electron chi connectivity index (χ0n) is 14.8. The van der Waals surface area contributed by atoms with Crippen molar-refractivity contribution in [1.29, 1.82) is 5.26 Å². The number of carbonyl (C=O) groups is 2. The number of carbonyl (C=O) groups excluding carboxylic acids is 2. The second kappa shape index (κ2) is 10.6. The highest BCUT2D eigenvalue weighted by molar-refractivity contribution is 7.99. The molecule has 1 atom stereocenters. The van der Waals surface area contributed by atoms with Crippen molar-refractivity contribution in [1.82, 2.24) is 0 Å². The van der Waals surface area contributed by atoms with E-state index in [2.05, 4.69) is 5.32 Å². The second-order valence-electron chi connectivity index (χ2n) is 5.72. The molecule has 0 fully saturated rings. The summed E-state index contributed by atoms with van der Waals surface area (Å²) in [6, 6.07) is 16.0. The summed E-state index contributed by atoms with van der Waals surface area (Å²) in [7, 11) is 0. The maximum absolute atomic E-state index is 12.1. The first-order valence-electron chi connectivity index (χ1n) is 8.37. The highest BCUT2D eigenvalue weighted by atomic mass is 35.5. The van der Waals surface area contributed by atoms with E-state index < -0.39 is 18.0 Å². The molecule has 27 heavy (non-hydrogen) atoms. The van der Waals surface area contributed by atoms with Gasteiger partial charge in [-0.3, -0.25) is 9.59 Å². The number of hydrogen-bond donors (Lipinski definition) is 1. The number of nitrogens with zero attached hydrogens (tertiary/aromatic N) is 1. The van der Waals surface area contributed by atoms with Gasteiger partial charge < -0.3 is 10.1 Å². The van der Waals surface area contributed by atoms with Crippen LogP contribution in [0.25, 0.3) is 0 Å². The Labute approximate surface area is 167 Å². The van der Waals surface area contributed by atoms with E-state index in [1.165, 1.54) is 6.92 Å². The summed E-state index contributed by atoms with van der Waals surface area (Å²) in [5, 5.41) is 12.1. The van der Waals surface area contributed by atoms with Gasteiger partial charge in [0.25, 0.3) is 5.91 Å². The molecule has 1 N–H and O–H groups in total. The monoisotopic (exact) mass is 402 g/mol. The number of benzene rings is 2. The first kappa shape index (κ1) is 20.8. The number of nitrogens with one attached hydrogen (secondary N) is 1. The number of rotatable bonds is 8. The molecule has 0 radical (unpaired) electrons. The predicted octanol–water partition coefficient (Wildman–Crippen LogP) is 4.65. The summed E-state index contributed by atoms with van der Waals surface area (Å²) >= 11 is 7.47. The number of nitriles is 1. The first-order valence-corrected chi connectivity index (χ1v) is 9.73. The van der Waals surface area contributed by atoms with Gasteiger partial charge in [0, 0.05) is 22.0 Å². The molecule has 0 spiro atoms. The standard InChI is InChI=1S/C20H19ClN2O3S/c1-14(20(25)23-17-8-4-15(13-22)5-9-17)26-19(24)3-2-12-27-18-10-6-16(21)7-11-18/h4-11,14H,2-3,12H2,1H3,(H,23,25)/t14-/m1/s1. The molecule has 0 aliphatic carbocycles. The summed E-state index contributed by atoms with van der Waals surface area (Å²) in [5.74, 6) is -0.0551. The van der Waals surface area contributed by atoms with Crippen molar-refractivity contribution in [3.8, 4) is 6.07 Å². The molecule has 2 rings (SSSR count). The van der Waals surface area contributed by atoms with Crippen molar-refractivity contribution >= 4 is 40.9 Å². The van der Waals surface area contributed by atoms with Gasteiger partial charge in [-0.25, -0.2) is 0 Å². The minimum absolute atomic E-state index is 0.245. The van der Waals surface area contributed by atoms with E-state index in [1.54, 1.807) is 36.0 Å². The summed E-state index contributed by atoms with van der Waals surface area (Å²) < 4.78 is 5.17. The quantitative estimate of drug-likeness (QED) is 0.395. The first-order chi connectivity index (χ1) is 13.0. The molecule has 2 aromatic carbocycles. The number of esters is 1. The van der Waals surface area contributed by atoms with Gasteiger partial charge in [-0.05, 0) is 67.6 Å². The van der Waals surface area contributed by atoms with Crippen LogP contribution in [0.3, 0.4) is 0 Å². The molecule has 1 amide bonds. The molecule has 0 bridgehead atoms. The molecule has 140 valence electrons. The number of amides is 1. The maximum atomic E-state index is 12.1. The number of ether oxygens (including phenoxy) is 1. The fraction of sp³-hybridized carbons (Fsp3) is 0.250. The van der Waals surface area contributed by atoms with Crippen LogP contribution in [0, 0.1) is 11.3 Å². The molecule has 0 aliphatic heterocycles. The van der Waals surface area contributed by atoms with Gasteiger partial charge in [-0.15, -0.1) is 11.8 Å². The maximum Gasteiger partial charge on any atom is 0.306 e. The van der Waals surface area contributed by atoms with Gasteiger partial charge in [0.05, 0.1) is 11.6 Å². The van der Waals surface area contributed by atoms with Crippen molar-refractivity contribution in [2.75, 3.05) is 11.1 Å². The molecule has 0 saturated carbocycles. The molecule has 2 aromatic rings. The third kappa shape index (κ3) is 7.33. The lowest BCUT2D eigenvalue weighted by atomic mass is 10.2. The Morgan fingerprint density at radius 1 is 1.19 bits per heavy atom. The Morgan fingerprint density at radius 3 is 2.48 bits per heavy atom. The van der Waals surface area contributed by atoms with Crippen LogP contribution in [-0.2, 0) is 14.3 Å². The van der Waals surface area contributed by atoms with Crippen molar-refractivity contribution in [2.24, 2.45) is 0 Å². The van der Waals surface area contributed by atoms with E-state index >= 15 is 0 Å². The van der Waals surface area contributed by atoms with Crippen LogP contribution < -0.4 is 5.32 Å². The molecule has 0 saturated heterocycles. The van der Waals surface area contributed by atoms with Crippen LogP contribution in [0.1, 0.15) is 25.3 Å². The summed E-state index contributed by atoms with van der Waals surface area (Å²) in [4.78, 5) is 25.0. The lowest BCUT2D eigenvalue weighted by Gasteiger charge is -2.13. The SMILES string of the molecule is C[C@@H](OC(=O)CCCSc1ccc(Cl)cc1)C(=O)Nc1ccc(C#N)cc1. The Balaban J connectivity index is 1.68. The van der Waals surface area contributed by atoms with Crippen LogP contribution in [0.15, 0.2) is 53.4 Å².